The summed E-state index contributed by atoms with van der Waals surface area (Å²) < 4.78 is 10.9. The Morgan fingerprint density at radius 1 is 1.07 bits per heavy atom. The van der Waals surface area contributed by atoms with Crippen molar-refractivity contribution < 1.29 is 19.1 Å². The fourth-order valence-electron chi connectivity index (χ4n) is 2.39. The third-order valence-electron chi connectivity index (χ3n) is 3.74. The molecular weight excluding hydrogens is 403 g/mol. The summed E-state index contributed by atoms with van der Waals surface area (Å²) in [7, 11) is 1.55. The fraction of sp³-hybridized carbons (Fsp3) is 0.300. The van der Waals surface area contributed by atoms with Gasteiger partial charge in [0.25, 0.3) is 5.91 Å². The molecule has 8 heteroatoms. The maximum atomic E-state index is 12.7. The van der Waals surface area contributed by atoms with Gasteiger partial charge < -0.3 is 19.7 Å². The van der Waals surface area contributed by atoms with Gasteiger partial charge in [0, 0.05) is 19.3 Å². The molecule has 2 amide bonds. The van der Waals surface area contributed by atoms with Crippen LogP contribution in [0.2, 0.25) is 10.0 Å². The predicted octanol–water partition coefficient (Wildman–Crippen LogP) is 4.12. The average Bonchev–Trinajstić information content (AvgIpc) is 2.67. The minimum Gasteiger partial charge on any atom is -0.490 e. The number of nitrogens with zero attached hydrogens (tertiary/aromatic N) is 1. The molecule has 0 saturated carbocycles. The summed E-state index contributed by atoms with van der Waals surface area (Å²) in [6.45, 7) is 3.13. The minimum absolute atomic E-state index is 0.133. The Labute approximate surface area is 174 Å². The van der Waals surface area contributed by atoms with Crippen molar-refractivity contribution in [3.8, 4) is 5.75 Å². The van der Waals surface area contributed by atoms with E-state index in [-0.39, 0.29) is 18.4 Å². The van der Waals surface area contributed by atoms with Gasteiger partial charge in [-0.2, -0.15) is 0 Å². The summed E-state index contributed by atoms with van der Waals surface area (Å²) in [6, 6.07) is 11.7. The molecule has 2 aromatic carbocycles. The molecule has 0 radical (unpaired) electrons. The second kappa shape index (κ2) is 10.9. The van der Waals surface area contributed by atoms with E-state index in [0.717, 1.165) is 0 Å². The molecule has 1 N–H and O–H groups in total. The van der Waals surface area contributed by atoms with Gasteiger partial charge in [-0.25, -0.2) is 0 Å². The van der Waals surface area contributed by atoms with Crippen LogP contribution in [0, 0.1) is 0 Å². The first-order chi connectivity index (χ1) is 13.4. The van der Waals surface area contributed by atoms with Gasteiger partial charge in [-0.3, -0.25) is 9.59 Å². The fourth-order valence-corrected chi connectivity index (χ4v) is 2.69. The molecule has 0 aliphatic carbocycles. The number of ether oxygens (including phenoxy) is 2. The molecule has 150 valence electrons. The Balaban J connectivity index is 1.98. The number of amides is 2. The van der Waals surface area contributed by atoms with E-state index in [1.54, 1.807) is 49.5 Å². The number of rotatable bonds is 9. The molecule has 0 aliphatic rings. The highest BCUT2D eigenvalue weighted by Crippen LogP contribution is 2.25. The van der Waals surface area contributed by atoms with Crippen molar-refractivity contribution in [3.63, 3.8) is 0 Å². The van der Waals surface area contributed by atoms with E-state index in [0.29, 0.717) is 46.9 Å². The summed E-state index contributed by atoms with van der Waals surface area (Å²) >= 11 is 11.8. The van der Waals surface area contributed by atoms with Crippen molar-refractivity contribution in [2.75, 3.05) is 38.7 Å². The quantitative estimate of drug-likeness (QED) is 0.614. The second-order valence-electron chi connectivity index (χ2n) is 5.88. The predicted molar refractivity (Wildman–Crippen MR) is 110 cm³/mol. The van der Waals surface area contributed by atoms with Gasteiger partial charge in [-0.15, -0.1) is 0 Å². The van der Waals surface area contributed by atoms with Gasteiger partial charge >= 0.3 is 0 Å². The Morgan fingerprint density at radius 3 is 2.54 bits per heavy atom. The summed E-state index contributed by atoms with van der Waals surface area (Å²) in [5, 5.41) is 3.42. The lowest BCUT2D eigenvalue weighted by Crippen LogP contribution is -2.35. The summed E-state index contributed by atoms with van der Waals surface area (Å²) in [6.07, 6.45) is 0. The standard InChI is InChI=1S/C20H22Cl2N2O4/c1-3-27-10-11-28-18-7-5-4-6-15(18)20(26)24(2)13-19(25)23-14-8-9-16(21)17(22)12-14/h4-9,12H,3,10-11,13H2,1-2H3,(H,23,25). The summed E-state index contributed by atoms with van der Waals surface area (Å²) in [5.74, 6) is -0.232. The molecule has 2 aromatic rings. The zero-order valence-corrected chi connectivity index (χ0v) is 17.2. The third-order valence-corrected chi connectivity index (χ3v) is 4.48. The van der Waals surface area contributed by atoms with Gasteiger partial charge in [0.1, 0.15) is 12.4 Å². The third kappa shape index (κ3) is 6.41. The van der Waals surface area contributed by atoms with Crippen LogP contribution in [0.4, 0.5) is 5.69 Å². The molecule has 0 aliphatic heterocycles. The van der Waals surface area contributed by atoms with Crippen molar-refractivity contribution in [2.24, 2.45) is 0 Å². The number of nitrogens with one attached hydrogen (secondary N) is 1. The van der Waals surface area contributed by atoms with Crippen molar-refractivity contribution in [3.05, 3.63) is 58.1 Å². The average molecular weight is 425 g/mol. The van der Waals surface area contributed by atoms with Crippen LogP contribution in [0.3, 0.4) is 0 Å². The number of hydrogen-bond acceptors (Lipinski definition) is 4. The maximum absolute atomic E-state index is 12.7. The van der Waals surface area contributed by atoms with Crippen molar-refractivity contribution in [1.29, 1.82) is 0 Å². The second-order valence-corrected chi connectivity index (χ2v) is 6.69. The van der Waals surface area contributed by atoms with E-state index in [9.17, 15) is 9.59 Å². The number of anilines is 1. The van der Waals surface area contributed by atoms with Crippen LogP contribution in [0.15, 0.2) is 42.5 Å². The highest BCUT2D eigenvalue weighted by Gasteiger charge is 2.19. The van der Waals surface area contributed by atoms with Crippen molar-refractivity contribution in [2.45, 2.75) is 6.92 Å². The topological polar surface area (TPSA) is 67.9 Å². The summed E-state index contributed by atoms with van der Waals surface area (Å²) in [4.78, 5) is 26.3. The molecule has 0 fully saturated rings. The number of hydrogen-bond donors (Lipinski definition) is 1. The van der Waals surface area contributed by atoms with Gasteiger partial charge in [0.2, 0.25) is 5.91 Å². The maximum Gasteiger partial charge on any atom is 0.257 e. The lowest BCUT2D eigenvalue weighted by molar-refractivity contribution is -0.116. The Morgan fingerprint density at radius 2 is 1.82 bits per heavy atom. The molecule has 0 bridgehead atoms. The smallest absolute Gasteiger partial charge is 0.257 e. The molecule has 28 heavy (non-hydrogen) atoms. The number of carbonyl (C=O) groups excluding carboxylic acids is 2. The van der Waals surface area contributed by atoms with E-state index in [1.165, 1.54) is 4.90 Å². The lowest BCUT2D eigenvalue weighted by atomic mass is 10.1. The van der Waals surface area contributed by atoms with E-state index in [1.807, 2.05) is 6.92 Å². The number of likely N-dealkylation sites (N-methyl/N-ethyl adjacent to an activating group) is 1. The van der Waals surface area contributed by atoms with Gasteiger partial charge in [-0.1, -0.05) is 35.3 Å². The largest absolute Gasteiger partial charge is 0.490 e. The Hall–Kier alpha value is -2.28. The molecule has 2 rings (SSSR count). The Bertz CT molecular complexity index is 830. The first-order valence-electron chi connectivity index (χ1n) is 8.72. The van der Waals surface area contributed by atoms with Crippen LogP contribution in [-0.4, -0.2) is 50.1 Å². The van der Waals surface area contributed by atoms with E-state index < -0.39 is 0 Å². The van der Waals surface area contributed by atoms with Crippen LogP contribution in [0.25, 0.3) is 0 Å². The van der Waals surface area contributed by atoms with Gasteiger partial charge in [0.05, 0.1) is 28.8 Å². The van der Waals surface area contributed by atoms with Crippen LogP contribution in [0.1, 0.15) is 17.3 Å². The lowest BCUT2D eigenvalue weighted by Gasteiger charge is -2.19. The summed E-state index contributed by atoms with van der Waals surface area (Å²) in [5.41, 5.74) is 0.878. The SMILES string of the molecule is CCOCCOc1ccccc1C(=O)N(C)CC(=O)Nc1ccc(Cl)c(Cl)c1. The van der Waals surface area contributed by atoms with E-state index in [4.69, 9.17) is 32.7 Å². The molecule has 0 saturated heterocycles. The molecular formula is C20H22Cl2N2O4. The molecule has 6 nitrogen and oxygen atoms in total. The molecule has 0 heterocycles. The number of halogens is 2. The molecule has 0 spiro atoms. The minimum atomic E-state index is -0.357. The number of para-hydroxylation sites is 1. The van der Waals surface area contributed by atoms with Crippen molar-refractivity contribution >= 4 is 40.7 Å². The molecule has 0 atom stereocenters. The highest BCUT2D eigenvalue weighted by atomic mass is 35.5. The van der Waals surface area contributed by atoms with Gasteiger partial charge in [0.15, 0.2) is 0 Å². The number of carbonyl (C=O) groups is 2. The van der Waals surface area contributed by atoms with Crippen LogP contribution in [0.5, 0.6) is 5.75 Å². The molecule has 0 aromatic heterocycles. The van der Waals surface area contributed by atoms with Crippen LogP contribution in [-0.2, 0) is 9.53 Å². The molecule has 0 unspecified atom stereocenters. The van der Waals surface area contributed by atoms with Crippen molar-refractivity contribution in [1.82, 2.24) is 4.90 Å². The monoisotopic (exact) mass is 424 g/mol. The van der Waals surface area contributed by atoms with Crippen LogP contribution >= 0.6 is 23.2 Å². The van der Waals surface area contributed by atoms with E-state index in [2.05, 4.69) is 5.32 Å². The first-order valence-corrected chi connectivity index (χ1v) is 9.48. The number of benzene rings is 2. The Kier molecular flexibility index (Phi) is 8.57. The highest BCUT2D eigenvalue weighted by molar-refractivity contribution is 6.42. The zero-order chi connectivity index (χ0) is 20.5. The first kappa shape index (κ1) is 22.0. The normalized spacial score (nSPS) is 10.4. The zero-order valence-electron chi connectivity index (χ0n) is 15.7. The van der Waals surface area contributed by atoms with E-state index >= 15 is 0 Å². The van der Waals surface area contributed by atoms with Gasteiger partial charge in [-0.05, 0) is 37.3 Å². The van der Waals surface area contributed by atoms with Crippen LogP contribution < -0.4 is 10.1 Å².